The smallest absolute Gasteiger partial charge is 0.339 e. The van der Waals surface area contributed by atoms with Gasteiger partial charge in [-0.2, -0.15) is 0 Å². The summed E-state index contributed by atoms with van der Waals surface area (Å²) in [6.45, 7) is 3.90. The van der Waals surface area contributed by atoms with Gasteiger partial charge in [-0.25, -0.2) is 4.79 Å². The van der Waals surface area contributed by atoms with Gasteiger partial charge in [0.15, 0.2) is 6.10 Å². The Morgan fingerprint density at radius 3 is 1.83 bits per heavy atom. The average Bonchev–Trinajstić information content (AvgIpc) is 2.96. The predicted octanol–water partition coefficient (Wildman–Crippen LogP) is 5.01. The van der Waals surface area contributed by atoms with Crippen LogP contribution in [-0.4, -0.2) is 5.97 Å². The largest absolute Gasteiger partial charge is 0.449 e. The molecule has 0 heterocycles. The van der Waals surface area contributed by atoms with Crippen molar-refractivity contribution in [3.63, 3.8) is 0 Å². The van der Waals surface area contributed by atoms with E-state index in [1.54, 1.807) is 0 Å². The van der Waals surface area contributed by atoms with Gasteiger partial charge in [-0.05, 0) is 16.7 Å². The predicted molar refractivity (Wildman–Crippen MR) is 95.3 cm³/mol. The zero-order valence-electron chi connectivity index (χ0n) is 13.1. The second kappa shape index (κ2) is 5.82. The molecule has 1 aliphatic rings. The Morgan fingerprint density at radius 2 is 1.25 bits per heavy atom. The summed E-state index contributed by atoms with van der Waals surface area (Å²) < 4.78 is 5.84. The fraction of sp³-hybridized carbons (Fsp3) is 0.0455. The summed E-state index contributed by atoms with van der Waals surface area (Å²) in [5.41, 5.74) is 5.44. The van der Waals surface area contributed by atoms with Crippen LogP contribution < -0.4 is 0 Å². The molecule has 0 atom stereocenters. The van der Waals surface area contributed by atoms with E-state index in [0.29, 0.717) is 5.57 Å². The highest BCUT2D eigenvalue weighted by molar-refractivity contribution is 6.15. The third-order valence-electron chi connectivity index (χ3n) is 4.37. The molecular weight excluding hydrogens is 296 g/mol. The summed E-state index contributed by atoms with van der Waals surface area (Å²) in [5.74, 6) is -0.391. The Bertz CT molecular complexity index is 880. The molecule has 0 radical (unpaired) electrons. The zero-order chi connectivity index (χ0) is 16.5. The van der Waals surface area contributed by atoms with Gasteiger partial charge < -0.3 is 4.74 Å². The van der Waals surface area contributed by atoms with Gasteiger partial charge in [0, 0.05) is 11.1 Å². The van der Waals surface area contributed by atoms with Gasteiger partial charge in [0.05, 0.1) is 5.57 Å². The van der Waals surface area contributed by atoms with E-state index in [1.807, 2.05) is 66.7 Å². The second-order valence-corrected chi connectivity index (χ2v) is 5.80. The lowest BCUT2D eigenvalue weighted by atomic mass is 10.1. The van der Waals surface area contributed by atoms with Crippen LogP contribution in [0.4, 0.5) is 0 Å². The molecule has 0 aromatic heterocycles. The first-order chi connectivity index (χ1) is 11.8. The fourth-order valence-corrected chi connectivity index (χ4v) is 3.17. The minimum absolute atomic E-state index is 0.373. The Hall–Kier alpha value is -3.13. The van der Waals surface area contributed by atoms with Crippen molar-refractivity contribution in [1.82, 2.24) is 0 Å². The summed E-state index contributed by atoms with van der Waals surface area (Å²) in [7, 11) is 0. The Kier molecular flexibility index (Phi) is 3.51. The highest BCUT2D eigenvalue weighted by Crippen LogP contribution is 2.45. The van der Waals surface area contributed by atoms with Crippen LogP contribution >= 0.6 is 0 Å². The summed E-state index contributed by atoms with van der Waals surface area (Å²) >= 11 is 0. The Labute approximate surface area is 141 Å². The number of hydrogen-bond acceptors (Lipinski definition) is 2. The fourth-order valence-electron chi connectivity index (χ4n) is 3.17. The zero-order valence-corrected chi connectivity index (χ0v) is 13.1. The molecule has 0 aliphatic heterocycles. The van der Waals surface area contributed by atoms with Gasteiger partial charge in [-0.15, -0.1) is 0 Å². The standard InChI is InChI=1S/C22H16O2/c1-15(16-9-3-2-4-10-16)22(23)24-21-19-13-7-5-11-17(19)18-12-6-8-14-20(18)21/h2-14,21H,1H2. The minimum Gasteiger partial charge on any atom is -0.449 e. The van der Waals surface area contributed by atoms with E-state index in [2.05, 4.69) is 18.7 Å². The van der Waals surface area contributed by atoms with E-state index in [0.717, 1.165) is 27.8 Å². The van der Waals surface area contributed by atoms with Gasteiger partial charge in [-0.3, -0.25) is 0 Å². The molecular formula is C22H16O2. The van der Waals surface area contributed by atoms with Gasteiger partial charge >= 0.3 is 5.97 Å². The van der Waals surface area contributed by atoms with Gasteiger partial charge in [0.1, 0.15) is 0 Å². The molecule has 4 rings (SSSR count). The highest BCUT2D eigenvalue weighted by atomic mass is 16.5. The van der Waals surface area contributed by atoms with E-state index in [9.17, 15) is 4.79 Å². The lowest BCUT2D eigenvalue weighted by Gasteiger charge is -2.16. The molecule has 2 nitrogen and oxygen atoms in total. The lowest BCUT2D eigenvalue weighted by molar-refractivity contribution is -0.140. The molecule has 0 fully saturated rings. The molecule has 0 N–H and O–H groups in total. The van der Waals surface area contributed by atoms with Crippen molar-refractivity contribution in [3.8, 4) is 11.1 Å². The number of ether oxygens (including phenoxy) is 1. The monoisotopic (exact) mass is 312 g/mol. The average molecular weight is 312 g/mol. The molecule has 2 heteroatoms. The van der Waals surface area contributed by atoms with Crippen molar-refractivity contribution in [2.75, 3.05) is 0 Å². The molecule has 1 aliphatic carbocycles. The first kappa shape index (κ1) is 14.5. The van der Waals surface area contributed by atoms with E-state index in [1.165, 1.54) is 0 Å². The number of rotatable bonds is 3. The first-order valence-electron chi connectivity index (χ1n) is 7.89. The quantitative estimate of drug-likeness (QED) is 0.502. The van der Waals surface area contributed by atoms with Crippen LogP contribution in [0.15, 0.2) is 85.4 Å². The SMILES string of the molecule is C=C(C(=O)OC1c2ccccc2-c2ccccc21)c1ccccc1. The van der Waals surface area contributed by atoms with E-state index >= 15 is 0 Å². The van der Waals surface area contributed by atoms with Crippen molar-refractivity contribution in [2.45, 2.75) is 6.10 Å². The summed E-state index contributed by atoms with van der Waals surface area (Å²) in [6.07, 6.45) is -0.384. The topological polar surface area (TPSA) is 26.3 Å². The third-order valence-corrected chi connectivity index (χ3v) is 4.37. The molecule has 0 spiro atoms. The van der Waals surface area contributed by atoms with Crippen molar-refractivity contribution in [3.05, 3.63) is 102 Å². The van der Waals surface area contributed by atoms with E-state index in [4.69, 9.17) is 4.74 Å². The van der Waals surface area contributed by atoms with Crippen molar-refractivity contribution < 1.29 is 9.53 Å². The van der Waals surface area contributed by atoms with Crippen molar-refractivity contribution >= 4 is 11.5 Å². The molecule has 0 unspecified atom stereocenters. The number of carbonyl (C=O) groups excluding carboxylic acids is 1. The molecule has 0 bridgehead atoms. The minimum atomic E-state index is -0.391. The number of benzene rings is 3. The number of esters is 1. The van der Waals surface area contributed by atoms with Crippen molar-refractivity contribution in [1.29, 1.82) is 0 Å². The van der Waals surface area contributed by atoms with E-state index < -0.39 is 5.97 Å². The highest BCUT2D eigenvalue weighted by Gasteiger charge is 2.31. The van der Waals surface area contributed by atoms with Crippen LogP contribution in [-0.2, 0) is 9.53 Å². The van der Waals surface area contributed by atoms with Crippen LogP contribution in [0.3, 0.4) is 0 Å². The van der Waals surface area contributed by atoms with Crippen LogP contribution in [0, 0.1) is 0 Å². The summed E-state index contributed by atoms with van der Waals surface area (Å²) in [4.78, 5) is 12.6. The van der Waals surface area contributed by atoms with Crippen LogP contribution in [0.5, 0.6) is 0 Å². The molecule has 3 aromatic carbocycles. The normalized spacial score (nSPS) is 12.3. The van der Waals surface area contributed by atoms with E-state index in [-0.39, 0.29) is 6.10 Å². The number of hydrogen-bond donors (Lipinski definition) is 0. The first-order valence-corrected chi connectivity index (χ1v) is 7.89. The maximum Gasteiger partial charge on any atom is 0.339 e. The second-order valence-electron chi connectivity index (χ2n) is 5.80. The maximum atomic E-state index is 12.6. The van der Waals surface area contributed by atoms with Gasteiger partial charge in [0.25, 0.3) is 0 Å². The van der Waals surface area contributed by atoms with Crippen molar-refractivity contribution in [2.24, 2.45) is 0 Å². The Morgan fingerprint density at radius 1 is 0.750 bits per heavy atom. The molecule has 0 amide bonds. The van der Waals surface area contributed by atoms with Crippen LogP contribution in [0.2, 0.25) is 0 Å². The van der Waals surface area contributed by atoms with Gasteiger partial charge in [-0.1, -0.05) is 85.4 Å². The molecule has 0 saturated heterocycles. The lowest BCUT2D eigenvalue weighted by Crippen LogP contribution is -2.11. The number of fused-ring (bicyclic) bond motifs is 3. The van der Waals surface area contributed by atoms with Crippen LogP contribution in [0.1, 0.15) is 22.8 Å². The van der Waals surface area contributed by atoms with Gasteiger partial charge in [0.2, 0.25) is 0 Å². The summed E-state index contributed by atoms with van der Waals surface area (Å²) in [6, 6.07) is 25.5. The maximum absolute atomic E-state index is 12.6. The molecule has 0 saturated carbocycles. The third kappa shape index (κ3) is 2.33. The van der Waals surface area contributed by atoms with Crippen LogP contribution in [0.25, 0.3) is 16.7 Å². The molecule has 3 aromatic rings. The molecule has 116 valence electrons. The summed E-state index contributed by atoms with van der Waals surface area (Å²) in [5, 5.41) is 0. The number of carbonyl (C=O) groups is 1. The Balaban J connectivity index is 1.68. The molecule has 24 heavy (non-hydrogen) atoms.